The first-order chi connectivity index (χ1) is 7.90. The van der Waals surface area contributed by atoms with Gasteiger partial charge in [0.25, 0.3) is 0 Å². The number of hydrogen-bond donors (Lipinski definition) is 1. The van der Waals surface area contributed by atoms with E-state index in [9.17, 15) is 0 Å². The highest BCUT2D eigenvalue weighted by Gasteiger charge is 2.31. The first-order valence-corrected chi connectivity index (χ1v) is 6.52. The van der Waals surface area contributed by atoms with Gasteiger partial charge in [-0.1, -0.05) is 12.8 Å². The number of nitrogens with two attached hydrogens (primary N) is 1. The molecular formula is C12H20N4. The molecule has 0 spiro atoms. The van der Waals surface area contributed by atoms with E-state index in [0.717, 1.165) is 19.5 Å². The van der Waals surface area contributed by atoms with Gasteiger partial charge in [-0.25, -0.2) is 0 Å². The van der Waals surface area contributed by atoms with Crippen molar-refractivity contribution in [1.29, 1.82) is 0 Å². The zero-order valence-corrected chi connectivity index (χ0v) is 9.73. The molecule has 2 N–H and O–H groups in total. The Labute approximate surface area is 96.2 Å². The quantitative estimate of drug-likeness (QED) is 0.821. The van der Waals surface area contributed by atoms with Crippen molar-refractivity contribution in [3.05, 3.63) is 11.6 Å². The molecule has 1 aliphatic carbocycles. The summed E-state index contributed by atoms with van der Waals surface area (Å²) in [6, 6.07) is 0. The van der Waals surface area contributed by atoms with Crippen LogP contribution < -0.4 is 5.73 Å². The largest absolute Gasteiger partial charge is 0.330 e. The zero-order valence-electron chi connectivity index (χ0n) is 9.73. The Morgan fingerprint density at radius 1 is 1.19 bits per heavy atom. The van der Waals surface area contributed by atoms with Crippen LogP contribution in [0.2, 0.25) is 0 Å². The van der Waals surface area contributed by atoms with Crippen molar-refractivity contribution in [2.75, 3.05) is 6.54 Å². The minimum atomic E-state index is 0.568. The molecule has 3 rings (SSSR count). The lowest BCUT2D eigenvalue weighted by Gasteiger charge is -2.29. The molecule has 0 saturated heterocycles. The molecule has 1 saturated carbocycles. The second-order valence-corrected chi connectivity index (χ2v) is 5.12. The van der Waals surface area contributed by atoms with Gasteiger partial charge in [0.2, 0.25) is 0 Å². The van der Waals surface area contributed by atoms with E-state index in [0.29, 0.717) is 11.8 Å². The summed E-state index contributed by atoms with van der Waals surface area (Å²) in [6.45, 7) is 1.91. The highest BCUT2D eigenvalue weighted by Crippen LogP contribution is 2.37. The van der Waals surface area contributed by atoms with E-state index in [2.05, 4.69) is 14.8 Å². The van der Waals surface area contributed by atoms with Gasteiger partial charge >= 0.3 is 0 Å². The maximum absolute atomic E-state index is 5.89. The lowest BCUT2D eigenvalue weighted by atomic mass is 9.79. The summed E-state index contributed by atoms with van der Waals surface area (Å²) in [5.74, 6) is 3.61. The summed E-state index contributed by atoms with van der Waals surface area (Å²) < 4.78 is 2.35. The van der Waals surface area contributed by atoms with Crippen molar-refractivity contribution in [3.63, 3.8) is 0 Å². The monoisotopic (exact) mass is 220 g/mol. The van der Waals surface area contributed by atoms with Crippen LogP contribution in [0.4, 0.5) is 0 Å². The van der Waals surface area contributed by atoms with Crippen LogP contribution >= 0.6 is 0 Å². The van der Waals surface area contributed by atoms with Crippen molar-refractivity contribution in [1.82, 2.24) is 14.8 Å². The van der Waals surface area contributed by atoms with Crippen molar-refractivity contribution in [3.8, 4) is 0 Å². The maximum Gasteiger partial charge on any atom is 0.136 e. The SMILES string of the molecule is NCC1CCCCC1c1nnc2n1CCC2. The number of hydrogen-bond acceptors (Lipinski definition) is 3. The van der Waals surface area contributed by atoms with Crippen LogP contribution in [0.5, 0.6) is 0 Å². The lowest BCUT2D eigenvalue weighted by Crippen LogP contribution is -2.27. The van der Waals surface area contributed by atoms with Gasteiger partial charge in [0.15, 0.2) is 0 Å². The Hall–Kier alpha value is -0.900. The minimum Gasteiger partial charge on any atom is -0.330 e. The van der Waals surface area contributed by atoms with Gasteiger partial charge in [-0.3, -0.25) is 0 Å². The third-order valence-electron chi connectivity index (χ3n) is 4.18. The van der Waals surface area contributed by atoms with Gasteiger partial charge in [-0.2, -0.15) is 0 Å². The fourth-order valence-corrected chi connectivity index (χ4v) is 3.28. The number of aromatic nitrogens is 3. The van der Waals surface area contributed by atoms with Crippen molar-refractivity contribution < 1.29 is 0 Å². The summed E-state index contributed by atoms with van der Waals surface area (Å²) >= 11 is 0. The predicted molar refractivity (Wildman–Crippen MR) is 62.1 cm³/mol. The molecule has 0 aromatic carbocycles. The molecule has 2 heterocycles. The molecule has 4 heteroatoms. The van der Waals surface area contributed by atoms with E-state index in [1.807, 2.05) is 0 Å². The predicted octanol–water partition coefficient (Wildman–Crippen LogP) is 1.46. The molecule has 0 amide bonds. The van der Waals surface area contributed by atoms with E-state index in [4.69, 9.17) is 5.73 Å². The molecule has 1 aromatic rings. The Balaban J connectivity index is 1.89. The molecule has 4 nitrogen and oxygen atoms in total. The van der Waals surface area contributed by atoms with Gasteiger partial charge in [0.1, 0.15) is 11.6 Å². The van der Waals surface area contributed by atoms with E-state index in [1.54, 1.807) is 0 Å². The van der Waals surface area contributed by atoms with E-state index in [1.165, 1.54) is 43.8 Å². The number of rotatable bonds is 2. The molecule has 2 aliphatic rings. The zero-order chi connectivity index (χ0) is 11.0. The average Bonchev–Trinajstić information content (AvgIpc) is 2.91. The number of fused-ring (bicyclic) bond motifs is 1. The molecule has 16 heavy (non-hydrogen) atoms. The Kier molecular flexibility index (Phi) is 2.67. The van der Waals surface area contributed by atoms with Crippen molar-refractivity contribution in [2.45, 2.75) is 51.0 Å². The van der Waals surface area contributed by atoms with Gasteiger partial charge in [0.05, 0.1) is 0 Å². The first-order valence-electron chi connectivity index (χ1n) is 6.52. The standard InChI is InChI=1S/C12H20N4/c13-8-9-4-1-2-5-10(9)12-15-14-11-6-3-7-16(11)12/h9-10H,1-8,13H2. The van der Waals surface area contributed by atoms with Crippen molar-refractivity contribution in [2.24, 2.45) is 11.7 Å². The second kappa shape index (κ2) is 4.17. The molecule has 1 fully saturated rings. The van der Waals surface area contributed by atoms with Gasteiger partial charge in [-0.05, 0) is 31.7 Å². The van der Waals surface area contributed by atoms with Crippen LogP contribution in [0, 0.1) is 5.92 Å². The highest BCUT2D eigenvalue weighted by molar-refractivity contribution is 5.08. The van der Waals surface area contributed by atoms with Crippen LogP contribution in [0.15, 0.2) is 0 Å². The van der Waals surface area contributed by atoms with Crippen LogP contribution in [0.25, 0.3) is 0 Å². The Morgan fingerprint density at radius 2 is 2.06 bits per heavy atom. The van der Waals surface area contributed by atoms with E-state index >= 15 is 0 Å². The molecule has 1 aliphatic heterocycles. The second-order valence-electron chi connectivity index (χ2n) is 5.12. The lowest BCUT2D eigenvalue weighted by molar-refractivity contribution is 0.298. The molecule has 0 radical (unpaired) electrons. The van der Waals surface area contributed by atoms with Crippen LogP contribution in [0.3, 0.4) is 0 Å². The molecule has 2 unspecified atom stereocenters. The Morgan fingerprint density at radius 3 is 2.94 bits per heavy atom. The summed E-state index contributed by atoms with van der Waals surface area (Å²) in [6.07, 6.45) is 7.51. The Bertz CT molecular complexity index is 371. The molecular weight excluding hydrogens is 200 g/mol. The van der Waals surface area contributed by atoms with Gasteiger partial charge in [-0.15, -0.1) is 10.2 Å². The van der Waals surface area contributed by atoms with E-state index in [-0.39, 0.29) is 0 Å². The van der Waals surface area contributed by atoms with Crippen molar-refractivity contribution >= 4 is 0 Å². The minimum absolute atomic E-state index is 0.568. The molecule has 1 aromatic heterocycles. The number of aryl methyl sites for hydroxylation is 1. The maximum atomic E-state index is 5.89. The van der Waals surface area contributed by atoms with E-state index < -0.39 is 0 Å². The third-order valence-corrected chi connectivity index (χ3v) is 4.18. The van der Waals surface area contributed by atoms with Gasteiger partial charge in [0, 0.05) is 18.9 Å². The summed E-state index contributed by atoms with van der Waals surface area (Å²) in [7, 11) is 0. The fourth-order valence-electron chi connectivity index (χ4n) is 3.28. The van der Waals surface area contributed by atoms with Crippen LogP contribution in [-0.4, -0.2) is 21.3 Å². The number of nitrogens with zero attached hydrogens (tertiary/aromatic N) is 3. The fraction of sp³-hybridized carbons (Fsp3) is 0.833. The molecule has 0 bridgehead atoms. The summed E-state index contributed by atoms with van der Waals surface area (Å²) in [5.41, 5.74) is 5.89. The van der Waals surface area contributed by atoms with Crippen LogP contribution in [-0.2, 0) is 13.0 Å². The molecule has 88 valence electrons. The summed E-state index contributed by atoms with van der Waals surface area (Å²) in [5, 5.41) is 8.73. The first kappa shape index (κ1) is 10.3. The topological polar surface area (TPSA) is 56.7 Å². The third kappa shape index (κ3) is 1.56. The highest BCUT2D eigenvalue weighted by atomic mass is 15.3. The smallest absolute Gasteiger partial charge is 0.136 e. The average molecular weight is 220 g/mol. The van der Waals surface area contributed by atoms with Crippen LogP contribution in [0.1, 0.15) is 49.7 Å². The molecule has 2 atom stereocenters. The van der Waals surface area contributed by atoms with Gasteiger partial charge < -0.3 is 10.3 Å². The summed E-state index contributed by atoms with van der Waals surface area (Å²) in [4.78, 5) is 0. The normalized spacial score (nSPS) is 29.3.